The molecule has 0 saturated carbocycles. The first-order valence-electron chi connectivity index (χ1n) is 10.9. The Morgan fingerprint density at radius 3 is 2.66 bits per heavy atom. The second-order valence-corrected chi connectivity index (χ2v) is 7.79. The summed E-state index contributed by atoms with van der Waals surface area (Å²) in [5.41, 5.74) is 3.34. The number of amides is 1. The first-order chi connectivity index (χ1) is 17.2. The number of hydrogen-bond donors (Lipinski definition) is 1. The van der Waals surface area contributed by atoms with E-state index in [1.807, 2.05) is 60.7 Å². The van der Waals surface area contributed by atoms with Gasteiger partial charge in [0.05, 0.1) is 24.7 Å². The summed E-state index contributed by atoms with van der Waals surface area (Å²) in [7, 11) is 1.55. The molecule has 1 N–H and O–H groups in total. The number of nitrogens with one attached hydrogen (secondary N) is 1. The second kappa shape index (κ2) is 8.45. The summed E-state index contributed by atoms with van der Waals surface area (Å²) >= 11 is 0. The van der Waals surface area contributed by atoms with E-state index in [4.69, 9.17) is 13.9 Å². The number of benzene rings is 3. The lowest BCUT2D eigenvalue weighted by atomic mass is 10.1. The smallest absolute Gasteiger partial charge is 0.262 e. The number of anilines is 1. The van der Waals surface area contributed by atoms with Crippen molar-refractivity contribution in [2.24, 2.45) is 0 Å². The number of hydrogen-bond acceptors (Lipinski definition) is 7. The number of carbonyl (C=O) groups is 1. The molecule has 6 aromatic rings. The number of methoxy groups -OCH3 is 1. The van der Waals surface area contributed by atoms with Crippen molar-refractivity contribution in [2.75, 3.05) is 19.0 Å². The monoisotopic (exact) mass is 465 g/mol. The van der Waals surface area contributed by atoms with Crippen molar-refractivity contribution in [3.05, 3.63) is 79.3 Å². The van der Waals surface area contributed by atoms with Gasteiger partial charge in [0.15, 0.2) is 12.3 Å². The Morgan fingerprint density at radius 2 is 1.80 bits per heavy atom. The van der Waals surface area contributed by atoms with Gasteiger partial charge in [-0.2, -0.15) is 5.10 Å². The Balaban J connectivity index is 1.23. The van der Waals surface area contributed by atoms with Crippen molar-refractivity contribution in [3.8, 4) is 17.3 Å². The zero-order valence-electron chi connectivity index (χ0n) is 18.6. The fourth-order valence-corrected chi connectivity index (χ4v) is 4.03. The summed E-state index contributed by atoms with van der Waals surface area (Å²) < 4.78 is 18.9. The minimum absolute atomic E-state index is 0.260. The average Bonchev–Trinajstić information content (AvgIpc) is 3.49. The van der Waals surface area contributed by atoms with Gasteiger partial charge < -0.3 is 19.2 Å². The van der Waals surface area contributed by atoms with Gasteiger partial charge in [0.25, 0.3) is 5.91 Å². The van der Waals surface area contributed by atoms with E-state index in [-0.39, 0.29) is 18.4 Å². The molecule has 3 aromatic carbocycles. The van der Waals surface area contributed by atoms with Crippen molar-refractivity contribution >= 4 is 44.6 Å². The number of rotatable bonds is 6. The lowest BCUT2D eigenvalue weighted by Gasteiger charge is -2.11. The molecule has 3 aromatic heterocycles. The molecule has 1 amide bonds. The maximum Gasteiger partial charge on any atom is 0.262 e. The topological polar surface area (TPSA) is 104 Å². The van der Waals surface area contributed by atoms with Gasteiger partial charge in [0, 0.05) is 16.8 Å². The van der Waals surface area contributed by atoms with Crippen LogP contribution < -0.4 is 14.8 Å². The highest BCUT2D eigenvalue weighted by Gasteiger charge is 2.16. The molecule has 0 aliphatic rings. The number of ether oxygens (including phenoxy) is 2. The molecule has 9 nitrogen and oxygen atoms in total. The molecule has 0 bridgehead atoms. The van der Waals surface area contributed by atoms with Crippen LogP contribution in [0.2, 0.25) is 0 Å². The highest BCUT2D eigenvalue weighted by molar-refractivity contribution is 6.07. The van der Waals surface area contributed by atoms with Gasteiger partial charge in [-0.15, -0.1) is 0 Å². The SMILES string of the molecule is COc1cc2c(cc1NC(=O)COc1ncnc3c1cnn3-c1ccccc1)oc1ccccc12. The van der Waals surface area contributed by atoms with E-state index in [0.29, 0.717) is 28.1 Å². The van der Waals surface area contributed by atoms with Crippen molar-refractivity contribution in [3.63, 3.8) is 0 Å². The zero-order chi connectivity index (χ0) is 23.8. The van der Waals surface area contributed by atoms with E-state index in [9.17, 15) is 4.79 Å². The van der Waals surface area contributed by atoms with Crippen molar-refractivity contribution in [1.29, 1.82) is 0 Å². The minimum Gasteiger partial charge on any atom is -0.495 e. The van der Waals surface area contributed by atoms with Crippen LogP contribution in [0.25, 0.3) is 38.7 Å². The van der Waals surface area contributed by atoms with E-state index in [2.05, 4.69) is 20.4 Å². The number of nitrogens with zero attached hydrogens (tertiary/aromatic N) is 4. The molecule has 3 heterocycles. The van der Waals surface area contributed by atoms with Gasteiger partial charge in [0.2, 0.25) is 5.88 Å². The van der Waals surface area contributed by atoms with Gasteiger partial charge in [-0.1, -0.05) is 36.4 Å². The first kappa shape index (κ1) is 20.7. The summed E-state index contributed by atoms with van der Waals surface area (Å²) in [5.74, 6) is 0.416. The standard InChI is InChI=1S/C26H19N5O4/c1-33-23-11-18-17-9-5-6-10-21(17)35-22(18)12-20(23)30-24(32)14-34-26-19-13-29-31(25(19)27-15-28-26)16-7-3-2-4-8-16/h2-13,15H,14H2,1H3,(H,30,32). The molecule has 0 unspecified atom stereocenters. The Hall–Kier alpha value is -4.92. The maximum atomic E-state index is 12.7. The molecule has 0 spiro atoms. The molecule has 0 aliphatic carbocycles. The summed E-state index contributed by atoms with van der Waals surface area (Å²) in [6.45, 7) is -0.260. The van der Waals surface area contributed by atoms with Gasteiger partial charge in [-0.3, -0.25) is 4.79 Å². The highest BCUT2D eigenvalue weighted by atomic mass is 16.5. The third-order valence-corrected chi connectivity index (χ3v) is 5.64. The van der Waals surface area contributed by atoms with Crippen molar-refractivity contribution in [1.82, 2.24) is 19.7 Å². The third-order valence-electron chi connectivity index (χ3n) is 5.64. The molecule has 0 atom stereocenters. The number of para-hydroxylation sites is 2. The summed E-state index contributed by atoms with van der Waals surface area (Å²) in [6, 6.07) is 21.0. The van der Waals surface area contributed by atoms with Crippen LogP contribution in [0.5, 0.6) is 11.6 Å². The number of carbonyl (C=O) groups excluding carboxylic acids is 1. The molecule has 0 fully saturated rings. The molecule has 6 rings (SSSR count). The maximum absolute atomic E-state index is 12.7. The largest absolute Gasteiger partial charge is 0.495 e. The molecule has 35 heavy (non-hydrogen) atoms. The molecule has 172 valence electrons. The van der Waals surface area contributed by atoms with Crippen LogP contribution in [-0.4, -0.2) is 39.4 Å². The van der Waals surface area contributed by atoms with E-state index in [1.165, 1.54) is 6.33 Å². The number of furan rings is 1. The van der Waals surface area contributed by atoms with Gasteiger partial charge >= 0.3 is 0 Å². The van der Waals surface area contributed by atoms with E-state index >= 15 is 0 Å². The van der Waals surface area contributed by atoms with Crippen LogP contribution in [0.3, 0.4) is 0 Å². The van der Waals surface area contributed by atoms with E-state index in [1.54, 1.807) is 24.1 Å². The van der Waals surface area contributed by atoms with E-state index in [0.717, 1.165) is 22.0 Å². The predicted octanol–water partition coefficient (Wildman–Crippen LogP) is 4.74. The fourth-order valence-electron chi connectivity index (χ4n) is 4.03. The molecule has 0 aliphatic heterocycles. The lowest BCUT2D eigenvalue weighted by Crippen LogP contribution is -2.21. The quantitative estimate of drug-likeness (QED) is 0.379. The summed E-state index contributed by atoms with van der Waals surface area (Å²) in [4.78, 5) is 21.2. The highest BCUT2D eigenvalue weighted by Crippen LogP contribution is 2.36. The Kier molecular flexibility index (Phi) is 4.99. The van der Waals surface area contributed by atoms with Crippen LogP contribution >= 0.6 is 0 Å². The third kappa shape index (κ3) is 3.68. The second-order valence-electron chi connectivity index (χ2n) is 7.79. The van der Waals surface area contributed by atoms with Gasteiger partial charge in [-0.25, -0.2) is 14.6 Å². The minimum atomic E-state index is -0.374. The summed E-state index contributed by atoms with van der Waals surface area (Å²) in [5, 5.41) is 9.72. The summed E-state index contributed by atoms with van der Waals surface area (Å²) in [6.07, 6.45) is 3.00. The van der Waals surface area contributed by atoms with Crippen molar-refractivity contribution in [2.45, 2.75) is 0 Å². The van der Waals surface area contributed by atoms with Crippen LogP contribution in [0, 0.1) is 0 Å². The Bertz CT molecular complexity index is 1690. The fraction of sp³-hybridized carbons (Fsp3) is 0.0769. The lowest BCUT2D eigenvalue weighted by molar-refractivity contribution is -0.118. The van der Waals surface area contributed by atoms with Gasteiger partial charge in [0.1, 0.15) is 28.6 Å². The Labute approximate surface area is 198 Å². The molecule has 0 radical (unpaired) electrons. The van der Waals surface area contributed by atoms with Crippen molar-refractivity contribution < 1.29 is 18.7 Å². The first-order valence-corrected chi connectivity index (χ1v) is 10.9. The molecular weight excluding hydrogens is 446 g/mol. The van der Waals surface area contributed by atoms with E-state index < -0.39 is 0 Å². The molecule has 0 saturated heterocycles. The van der Waals surface area contributed by atoms with Crippen LogP contribution in [0.4, 0.5) is 5.69 Å². The number of fused-ring (bicyclic) bond motifs is 4. The molecular formula is C26H19N5O4. The van der Waals surface area contributed by atoms with Crippen LogP contribution in [0.1, 0.15) is 0 Å². The average molecular weight is 465 g/mol. The Morgan fingerprint density at radius 1 is 0.971 bits per heavy atom. The van der Waals surface area contributed by atoms with Crippen LogP contribution in [-0.2, 0) is 4.79 Å². The molecule has 9 heteroatoms. The van der Waals surface area contributed by atoms with Gasteiger partial charge in [-0.05, 0) is 24.3 Å². The normalized spacial score (nSPS) is 11.2. The van der Waals surface area contributed by atoms with Crippen LogP contribution in [0.15, 0.2) is 83.7 Å². The number of aromatic nitrogens is 4. The zero-order valence-corrected chi connectivity index (χ0v) is 18.6. The predicted molar refractivity (Wildman–Crippen MR) is 131 cm³/mol.